The lowest BCUT2D eigenvalue weighted by Crippen LogP contribution is -2.01. The molecule has 1 aliphatic heterocycles. The lowest BCUT2D eigenvalue weighted by atomic mass is 9.99. The number of aryl methyl sites for hydroxylation is 1. The van der Waals surface area contributed by atoms with Crippen molar-refractivity contribution < 1.29 is 4.84 Å². The molecule has 4 rings (SSSR count). The maximum absolute atomic E-state index is 5.67. The Labute approximate surface area is 123 Å². The summed E-state index contributed by atoms with van der Waals surface area (Å²) in [7, 11) is 0. The fourth-order valence-corrected chi connectivity index (χ4v) is 2.82. The molecular weight excluding hydrogens is 260 g/mol. The molecule has 104 valence electrons. The summed E-state index contributed by atoms with van der Waals surface area (Å²) in [6, 6.07) is 16.7. The fraction of sp³-hybridized carbons (Fsp3) is 0.167. The number of aromatic amines is 1. The summed E-state index contributed by atoms with van der Waals surface area (Å²) in [5.74, 6) is 0. The topological polar surface area (TPSA) is 37.4 Å². The van der Waals surface area contributed by atoms with E-state index in [-0.39, 0.29) is 6.10 Å². The second-order valence-electron chi connectivity index (χ2n) is 5.49. The Kier molecular flexibility index (Phi) is 2.78. The predicted molar refractivity (Wildman–Crippen MR) is 84.5 cm³/mol. The number of H-pyrrole nitrogens is 1. The van der Waals surface area contributed by atoms with Gasteiger partial charge in [0, 0.05) is 29.1 Å². The molecule has 2 aromatic carbocycles. The highest BCUT2D eigenvalue weighted by Gasteiger charge is 2.25. The van der Waals surface area contributed by atoms with E-state index in [4.69, 9.17) is 4.84 Å². The lowest BCUT2D eigenvalue weighted by molar-refractivity contribution is 0.0868. The Hall–Kier alpha value is -2.55. The quantitative estimate of drug-likeness (QED) is 0.742. The number of hydrogen-bond donors (Lipinski definition) is 1. The van der Waals surface area contributed by atoms with Crippen LogP contribution in [0.2, 0.25) is 0 Å². The molecule has 3 aromatic rings. The van der Waals surface area contributed by atoms with Crippen LogP contribution in [-0.2, 0) is 4.84 Å². The van der Waals surface area contributed by atoms with Gasteiger partial charge in [0.2, 0.25) is 0 Å². The van der Waals surface area contributed by atoms with Crippen molar-refractivity contribution in [1.82, 2.24) is 4.98 Å². The molecule has 3 heteroatoms. The van der Waals surface area contributed by atoms with Crippen LogP contribution in [0.3, 0.4) is 0 Å². The highest BCUT2D eigenvalue weighted by Crippen LogP contribution is 2.33. The first-order valence-electron chi connectivity index (χ1n) is 7.17. The van der Waals surface area contributed by atoms with Crippen molar-refractivity contribution in [3.8, 4) is 0 Å². The zero-order valence-corrected chi connectivity index (χ0v) is 11.8. The van der Waals surface area contributed by atoms with Crippen LogP contribution < -0.4 is 0 Å². The van der Waals surface area contributed by atoms with Crippen molar-refractivity contribution in [2.45, 2.75) is 19.4 Å². The van der Waals surface area contributed by atoms with E-state index < -0.39 is 0 Å². The van der Waals surface area contributed by atoms with E-state index in [1.807, 2.05) is 12.3 Å². The van der Waals surface area contributed by atoms with Gasteiger partial charge in [0.15, 0.2) is 6.10 Å². The minimum Gasteiger partial charge on any atom is -0.387 e. The number of para-hydroxylation sites is 1. The molecule has 1 aliphatic rings. The number of benzene rings is 2. The third-order valence-corrected chi connectivity index (χ3v) is 4.02. The number of rotatable bonds is 2. The molecule has 0 bridgehead atoms. The molecule has 1 aromatic heterocycles. The standard InChI is InChI=1S/C18H16N2O/c1-12-6-8-13(9-7-12)17-10-18(21-20-17)15-11-19-16-5-3-2-4-14(15)16/h2-9,11,18-19H,10H2,1H3/t18-/m0/s1. The second-order valence-corrected chi connectivity index (χ2v) is 5.49. The molecule has 21 heavy (non-hydrogen) atoms. The van der Waals surface area contributed by atoms with Gasteiger partial charge in [-0.15, -0.1) is 0 Å². The van der Waals surface area contributed by atoms with E-state index >= 15 is 0 Å². The second kappa shape index (κ2) is 4.77. The van der Waals surface area contributed by atoms with Gasteiger partial charge >= 0.3 is 0 Å². The molecule has 0 radical (unpaired) electrons. The Balaban J connectivity index is 1.62. The molecular formula is C18H16N2O. The van der Waals surface area contributed by atoms with Gasteiger partial charge in [-0.3, -0.25) is 0 Å². The Morgan fingerprint density at radius 2 is 1.90 bits per heavy atom. The van der Waals surface area contributed by atoms with Gasteiger partial charge in [-0.05, 0) is 18.6 Å². The van der Waals surface area contributed by atoms with Crippen LogP contribution >= 0.6 is 0 Å². The molecule has 0 amide bonds. The fourth-order valence-electron chi connectivity index (χ4n) is 2.82. The molecule has 0 unspecified atom stereocenters. The van der Waals surface area contributed by atoms with Crippen LogP contribution in [0.5, 0.6) is 0 Å². The van der Waals surface area contributed by atoms with E-state index in [2.05, 4.69) is 59.5 Å². The third-order valence-electron chi connectivity index (χ3n) is 4.02. The SMILES string of the molecule is Cc1ccc(C2=NO[C@H](c3c[nH]c4ccccc34)C2)cc1. The normalized spacial score (nSPS) is 17.8. The van der Waals surface area contributed by atoms with Gasteiger partial charge in [0.05, 0.1) is 5.71 Å². The average molecular weight is 276 g/mol. The van der Waals surface area contributed by atoms with Crippen molar-refractivity contribution >= 4 is 16.6 Å². The highest BCUT2D eigenvalue weighted by atomic mass is 16.6. The van der Waals surface area contributed by atoms with Crippen LogP contribution in [0.15, 0.2) is 59.9 Å². The first kappa shape index (κ1) is 12.2. The third kappa shape index (κ3) is 2.11. The van der Waals surface area contributed by atoms with Crippen molar-refractivity contribution in [3.63, 3.8) is 0 Å². The monoisotopic (exact) mass is 276 g/mol. The minimum atomic E-state index is -0.00236. The number of oxime groups is 1. The number of fused-ring (bicyclic) bond motifs is 1. The van der Waals surface area contributed by atoms with Crippen LogP contribution in [0, 0.1) is 6.92 Å². The first-order chi connectivity index (χ1) is 10.3. The Morgan fingerprint density at radius 3 is 2.76 bits per heavy atom. The number of nitrogens with one attached hydrogen (secondary N) is 1. The van der Waals surface area contributed by atoms with Crippen LogP contribution in [-0.4, -0.2) is 10.7 Å². The first-order valence-corrected chi connectivity index (χ1v) is 7.17. The smallest absolute Gasteiger partial charge is 0.160 e. The van der Waals surface area contributed by atoms with Gasteiger partial charge in [-0.2, -0.15) is 0 Å². The highest BCUT2D eigenvalue weighted by molar-refractivity contribution is 6.01. The zero-order chi connectivity index (χ0) is 14.2. The van der Waals surface area contributed by atoms with Crippen LogP contribution in [0.25, 0.3) is 10.9 Å². The minimum absolute atomic E-state index is 0.00236. The summed E-state index contributed by atoms with van der Waals surface area (Å²) in [6.45, 7) is 2.09. The number of nitrogens with zero attached hydrogens (tertiary/aromatic N) is 1. The number of aromatic nitrogens is 1. The van der Waals surface area contributed by atoms with E-state index in [9.17, 15) is 0 Å². The summed E-state index contributed by atoms with van der Waals surface area (Å²) in [5.41, 5.74) is 5.73. The maximum Gasteiger partial charge on any atom is 0.160 e. The Bertz CT molecular complexity index is 815. The van der Waals surface area contributed by atoms with Gasteiger partial charge in [0.25, 0.3) is 0 Å². The lowest BCUT2D eigenvalue weighted by Gasteiger charge is -2.06. The van der Waals surface area contributed by atoms with Crippen molar-refractivity contribution in [2.75, 3.05) is 0 Å². The van der Waals surface area contributed by atoms with Crippen molar-refractivity contribution in [1.29, 1.82) is 0 Å². The molecule has 0 spiro atoms. The van der Waals surface area contributed by atoms with Crippen molar-refractivity contribution in [2.24, 2.45) is 5.16 Å². The molecule has 2 heterocycles. The Morgan fingerprint density at radius 1 is 1.10 bits per heavy atom. The van der Waals surface area contributed by atoms with E-state index in [0.29, 0.717) is 0 Å². The van der Waals surface area contributed by atoms with Gasteiger partial charge in [-0.1, -0.05) is 53.2 Å². The molecule has 3 nitrogen and oxygen atoms in total. The van der Waals surface area contributed by atoms with E-state index in [1.165, 1.54) is 16.5 Å². The van der Waals surface area contributed by atoms with Gasteiger partial charge < -0.3 is 9.82 Å². The summed E-state index contributed by atoms with van der Waals surface area (Å²) < 4.78 is 0. The molecule has 1 atom stereocenters. The van der Waals surface area contributed by atoms with Gasteiger partial charge in [-0.25, -0.2) is 0 Å². The molecule has 0 saturated carbocycles. The summed E-state index contributed by atoms with van der Waals surface area (Å²) in [4.78, 5) is 8.97. The maximum atomic E-state index is 5.67. The summed E-state index contributed by atoms with van der Waals surface area (Å²) in [5, 5.41) is 5.49. The van der Waals surface area contributed by atoms with Crippen molar-refractivity contribution in [3.05, 3.63) is 71.4 Å². The largest absolute Gasteiger partial charge is 0.387 e. The average Bonchev–Trinajstić information content (AvgIpc) is 3.14. The van der Waals surface area contributed by atoms with Crippen LogP contribution in [0.1, 0.15) is 29.2 Å². The summed E-state index contributed by atoms with van der Waals surface area (Å²) in [6.07, 6.45) is 2.84. The molecule has 0 saturated heterocycles. The summed E-state index contributed by atoms with van der Waals surface area (Å²) >= 11 is 0. The zero-order valence-electron chi connectivity index (χ0n) is 11.8. The van der Waals surface area contributed by atoms with E-state index in [1.54, 1.807) is 0 Å². The van der Waals surface area contributed by atoms with Gasteiger partial charge in [0.1, 0.15) is 0 Å². The number of hydrogen-bond acceptors (Lipinski definition) is 2. The molecule has 0 aliphatic carbocycles. The molecule has 1 N–H and O–H groups in total. The molecule has 0 fully saturated rings. The predicted octanol–water partition coefficient (Wildman–Crippen LogP) is 4.34. The van der Waals surface area contributed by atoms with Crippen LogP contribution in [0.4, 0.5) is 0 Å². The van der Waals surface area contributed by atoms with E-state index in [0.717, 1.165) is 23.2 Å².